The summed E-state index contributed by atoms with van der Waals surface area (Å²) in [6.45, 7) is -0.400. The third kappa shape index (κ3) is 8.06. The van der Waals surface area contributed by atoms with Gasteiger partial charge in [-0.2, -0.15) is 8.62 Å². The number of phosphoric ester groups is 1. The van der Waals surface area contributed by atoms with Crippen LogP contribution < -0.4 is 11.5 Å². The maximum absolute atomic E-state index is 12.0. The van der Waals surface area contributed by atoms with Crippen LogP contribution in [0.15, 0.2) is 6.33 Å². The molecular weight excluding hydrogens is 577 g/mol. The maximum atomic E-state index is 12.0. The minimum Gasteiger partial charge on any atom is -0.387 e. The number of nitrogen functional groups attached to an aromatic ring is 1. The first kappa shape index (κ1) is 31.1. The van der Waals surface area contributed by atoms with Gasteiger partial charge in [-0.1, -0.05) is 12.8 Å². The Morgan fingerprint density at radius 1 is 0.974 bits per heavy atom. The molecule has 38 heavy (non-hydrogen) atoms. The summed E-state index contributed by atoms with van der Waals surface area (Å²) in [5, 5.41) is 21.2. The zero-order valence-electron chi connectivity index (χ0n) is 19.7. The number of aromatic nitrogens is 4. The number of aliphatic hydroxyl groups excluding tert-OH is 2. The molecule has 4 unspecified atom stereocenters. The number of hydrogen-bond donors (Lipinski definition) is 8. The highest BCUT2D eigenvalue weighted by atomic mass is 31.3. The van der Waals surface area contributed by atoms with E-state index < -0.39 is 54.6 Å². The summed E-state index contributed by atoms with van der Waals surface area (Å²) in [5.41, 5.74) is 11.9. The molecule has 0 bridgehead atoms. The summed E-state index contributed by atoms with van der Waals surface area (Å²) < 4.78 is 53.2. The van der Waals surface area contributed by atoms with Crippen molar-refractivity contribution in [2.45, 2.75) is 56.6 Å². The van der Waals surface area contributed by atoms with E-state index in [4.69, 9.17) is 26.0 Å². The first-order chi connectivity index (χ1) is 17.6. The molecule has 1 saturated heterocycles. The number of rotatable bonds is 14. The molecule has 216 valence electrons. The molecule has 0 spiro atoms. The summed E-state index contributed by atoms with van der Waals surface area (Å²) >= 11 is 0. The van der Waals surface area contributed by atoms with Gasteiger partial charge in [0.15, 0.2) is 23.2 Å². The van der Waals surface area contributed by atoms with Crippen molar-refractivity contribution in [2.75, 3.05) is 18.9 Å². The molecule has 0 aromatic carbocycles. The molecular formula is C16H29N6O13P3. The Balaban J connectivity index is 1.76. The van der Waals surface area contributed by atoms with Gasteiger partial charge in [-0.15, -0.1) is 0 Å². The van der Waals surface area contributed by atoms with Crippen molar-refractivity contribution in [1.82, 2.24) is 19.5 Å². The SMILES string of the molecule is NCCCCCCc1nc2c(N)ncnc2n1[C@@H]1O[C@H](COP(=O)(O)OP(=O)(O)OP(=O)(O)O)C(O)C1O. The van der Waals surface area contributed by atoms with Crippen molar-refractivity contribution in [1.29, 1.82) is 0 Å². The fourth-order valence-electron chi connectivity index (χ4n) is 3.75. The van der Waals surface area contributed by atoms with Gasteiger partial charge in [0, 0.05) is 6.42 Å². The normalized spacial score (nSPS) is 25.4. The molecule has 3 rings (SSSR count). The first-order valence-corrected chi connectivity index (χ1v) is 15.6. The minimum absolute atomic E-state index is 0.0652. The monoisotopic (exact) mass is 606 g/mol. The van der Waals surface area contributed by atoms with Crippen LogP contribution in [0.2, 0.25) is 0 Å². The lowest BCUT2D eigenvalue weighted by Crippen LogP contribution is -2.34. The van der Waals surface area contributed by atoms with Gasteiger partial charge in [-0.25, -0.2) is 28.6 Å². The average Bonchev–Trinajstić information content (AvgIpc) is 3.28. The minimum atomic E-state index is -5.73. The second-order valence-electron chi connectivity index (χ2n) is 8.22. The van der Waals surface area contributed by atoms with Crippen molar-refractivity contribution in [3.05, 3.63) is 12.2 Å². The zero-order valence-corrected chi connectivity index (χ0v) is 22.3. The Hall–Kier alpha value is -1.40. The molecule has 0 aliphatic carbocycles. The number of aliphatic hydroxyl groups is 2. The fourth-order valence-corrected chi connectivity index (χ4v) is 6.78. The maximum Gasteiger partial charge on any atom is 0.490 e. The lowest BCUT2D eigenvalue weighted by atomic mass is 10.1. The van der Waals surface area contributed by atoms with E-state index in [-0.39, 0.29) is 17.0 Å². The molecule has 10 N–H and O–H groups in total. The number of ether oxygens (including phenoxy) is 1. The van der Waals surface area contributed by atoms with Crippen molar-refractivity contribution >= 4 is 40.4 Å². The number of nitrogens with two attached hydrogens (primary N) is 2. The van der Waals surface area contributed by atoms with E-state index in [1.54, 1.807) is 0 Å². The molecule has 1 aliphatic heterocycles. The largest absolute Gasteiger partial charge is 0.490 e. The van der Waals surface area contributed by atoms with Crippen LogP contribution in [0.3, 0.4) is 0 Å². The van der Waals surface area contributed by atoms with Crippen LogP contribution in [-0.4, -0.2) is 80.8 Å². The summed E-state index contributed by atoms with van der Waals surface area (Å²) in [6, 6.07) is 0. The van der Waals surface area contributed by atoms with Crippen LogP contribution >= 0.6 is 23.5 Å². The number of nitrogens with zero attached hydrogens (tertiary/aromatic N) is 4. The van der Waals surface area contributed by atoms with Gasteiger partial charge in [0.25, 0.3) is 0 Å². The predicted molar refractivity (Wildman–Crippen MR) is 127 cm³/mol. The van der Waals surface area contributed by atoms with E-state index in [0.717, 1.165) is 19.3 Å². The lowest BCUT2D eigenvalue weighted by molar-refractivity contribution is -0.0515. The molecule has 2 aromatic heterocycles. The number of hydrogen-bond acceptors (Lipinski definition) is 14. The van der Waals surface area contributed by atoms with E-state index >= 15 is 0 Å². The molecule has 1 aliphatic rings. The fraction of sp³-hybridized carbons (Fsp3) is 0.688. The van der Waals surface area contributed by atoms with E-state index in [1.807, 2.05) is 0 Å². The average molecular weight is 606 g/mol. The van der Waals surface area contributed by atoms with Crippen LogP contribution in [-0.2, 0) is 38.0 Å². The van der Waals surface area contributed by atoms with Crippen LogP contribution in [0.4, 0.5) is 5.82 Å². The third-order valence-corrected chi connectivity index (χ3v) is 9.15. The van der Waals surface area contributed by atoms with Crippen molar-refractivity contribution in [3.63, 3.8) is 0 Å². The van der Waals surface area contributed by atoms with E-state index in [1.165, 1.54) is 10.9 Å². The number of phosphoric acid groups is 3. The van der Waals surface area contributed by atoms with Gasteiger partial charge in [-0.05, 0) is 19.4 Å². The van der Waals surface area contributed by atoms with Crippen LogP contribution in [0.1, 0.15) is 37.7 Å². The van der Waals surface area contributed by atoms with Crippen molar-refractivity contribution in [3.8, 4) is 0 Å². The van der Waals surface area contributed by atoms with Gasteiger partial charge < -0.3 is 46.0 Å². The Labute approximate surface area is 215 Å². The second-order valence-corrected chi connectivity index (χ2v) is 12.6. The molecule has 1 fully saturated rings. The summed E-state index contributed by atoms with van der Waals surface area (Å²) in [7, 11) is -16.8. The van der Waals surface area contributed by atoms with Gasteiger partial charge in [0.2, 0.25) is 0 Å². The van der Waals surface area contributed by atoms with E-state index in [0.29, 0.717) is 25.2 Å². The third-order valence-electron chi connectivity index (χ3n) is 5.34. The van der Waals surface area contributed by atoms with Gasteiger partial charge >= 0.3 is 23.5 Å². The molecule has 2 aromatic rings. The van der Waals surface area contributed by atoms with Gasteiger partial charge in [-0.3, -0.25) is 9.09 Å². The van der Waals surface area contributed by atoms with E-state index in [9.17, 15) is 33.7 Å². The smallest absolute Gasteiger partial charge is 0.387 e. The first-order valence-electron chi connectivity index (χ1n) is 11.1. The molecule has 6 atom stereocenters. The van der Waals surface area contributed by atoms with Crippen LogP contribution in [0.5, 0.6) is 0 Å². The zero-order chi connectivity index (χ0) is 28.3. The van der Waals surface area contributed by atoms with Crippen LogP contribution in [0.25, 0.3) is 11.2 Å². The molecule has 19 nitrogen and oxygen atoms in total. The van der Waals surface area contributed by atoms with Gasteiger partial charge in [0.05, 0.1) is 6.61 Å². The summed E-state index contributed by atoms with van der Waals surface area (Å²) in [5.74, 6) is 0.472. The summed E-state index contributed by atoms with van der Waals surface area (Å²) in [6.07, 6.45) is -1.24. The van der Waals surface area contributed by atoms with Crippen molar-refractivity contribution in [2.24, 2.45) is 5.73 Å². The Bertz CT molecular complexity index is 1260. The molecule has 0 radical (unpaired) electrons. The molecule has 0 amide bonds. The second kappa shape index (κ2) is 12.4. The summed E-state index contributed by atoms with van der Waals surface area (Å²) in [4.78, 5) is 48.6. The Kier molecular flexibility index (Phi) is 10.2. The van der Waals surface area contributed by atoms with E-state index in [2.05, 4.69) is 28.1 Å². The van der Waals surface area contributed by atoms with Crippen LogP contribution in [0, 0.1) is 0 Å². The molecule has 22 heteroatoms. The topological polar surface area (TPSA) is 305 Å². The quantitative estimate of drug-likeness (QED) is 0.0986. The Morgan fingerprint density at radius 2 is 1.66 bits per heavy atom. The number of imidazole rings is 1. The lowest BCUT2D eigenvalue weighted by Gasteiger charge is -2.20. The molecule has 3 heterocycles. The Morgan fingerprint density at radius 3 is 2.32 bits per heavy atom. The molecule has 0 saturated carbocycles. The number of anilines is 1. The number of unbranched alkanes of at least 4 members (excludes halogenated alkanes) is 3. The van der Waals surface area contributed by atoms with Gasteiger partial charge in [0.1, 0.15) is 30.5 Å². The standard InChI is InChI=1S/C16H29N6O13P3/c17-6-4-2-1-3-5-10-21-11-14(18)19-8-20-15(11)22(10)16-13(24)12(23)9(33-16)7-32-37(28,29)35-38(30,31)34-36(25,26)27/h8-9,12-13,16,23-24H,1-7,17H2,(H,28,29)(H,30,31)(H2,18,19,20)(H2,25,26,27)/t9-,12?,13?,16-/m1/s1. The highest BCUT2D eigenvalue weighted by Gasteiger charge is 2.47. The predicted octanol–water partition coefficient (Wildman–Crippen LogP) is -0.567. The highest BCUT2D eigenvalue weighted by Crippen LogP contribution is 2.66. The highest BCUT2D eigenvalue weighted by molar-refractivity contribution is 7.66. The number of fused-ring (bicyclic) bond motifs is 1. The number of aryl methyl sites for hydroxylation is 1. The van der Waals surface area contributed by atoms with Crippen molar-refractivity contribution < 1.29 is 61.4 Å².